The third kappa shape index (κ3) is 4.79. The van der Waals surface area contributed by atoms with E-state index < -0.39 is 28.1 Å². The molecule has 0 fully saturated rings. The van der Waals surface area contributed by atoms with Crippen molar-refractivity contribution in [2.75, 3.05) is 6.54 Å². The molecule has 0 bridgehead atoms. The number of benzene rings is 2. The van der Waals surface area contributed by atoms with Crippen LogP contribution in [0.1, 0.15) is 36.1 Å². The van der Waals surface area contributed by atoms with Crippen LogP contribution in [0.15, 0.2) is 53.4 Å². The van der Waals surface area contributed by atoms with Gasteiger partial charge in [-0.3, -0.25) is 4.79 Å². The summed E-state index contributed by atoms with van der Waals surface area (Å²) < 4.78 is 66.6. The SMILES string of the molecule is CCC(NS(=O)(=O)c1ccc2c(c1)CN(C(=O)C(F)(F)F)CC2)c1ccccc1. The van der Waals surface area contributed by atoms with Gasteiger partial charge in [0.1, 0.15) is 0 Å². The Morgan fingerprint density at radius 1 is 1.14 bits per heavy atom. The number of nitrogens with one attached hydrogen (secondary N) is 1. The minimum absolute atomic E-state index is 0.0352. The average Bonchev–Trinajstić information content (AvgIpc) is 2.70. The summed E-state index contributed by atoms with van der Waals surface area (Å²) in [6, 6.07) is 13.1. The standard InChI is InChI=1S/C20H21F3N2O3S/c1-2-18(15-6-4-3-5-7-15)24-29(27,28)17-9-8-14-10-11-25(13-16(14)12-17)19(26)20(21,22)23/h3-9,12,18,24H,2,10-11,13H2,1H3. The largest absolute Gasteiger partial charge is 0.471 e. The first-order valence-electron chi connectivity index (χ1n) is 9.17. The Hall–Kier alpha value is -2.39. The van der Waals surface area contributed by atoms with Crippen molar-refractivity contribution < 1.29 is 26.4 Å². The molecule has 2 aromatic carbocycles. The number of nitrogens with zero attached hydrogens (tertiary/aromatic N) is 1. The average molecular weight is 426 g/mol. The molecule has 9 heteroatoms. The van der Waals surface area contributed by atoms with E-state index in [1.165, 1.54) is 12.1 Å². The molecule has 1 aliphatic heterocycles. The zero-order valence-corrected chi connectivity index (χ0v) is 16.6. The highest BCUT2D eigenvalue weighted by Crippen LogP contribution is 2.27. The van der Waals surface area contributed by atoms with Gasteiger partial charge in [-0.25, -0.2) is 13.1 Å². The van der Waals surface area contributed by atoms with E-state index >= 15 is 0 Å². The van der Waals surface area contributed by atoms with Gasteiger partial charge in [-0.15, -0.1) is 0 Å². The maximum Gasteiger partial charge on any atom is 0.471 e. The lowest BCUT2D eigenvalue weighted by atomic mass is 10.00. The first-order chi connectivity index (χ1) is 13.6. The van der Waals surface area contributed by atoms with E-state index in [9.17, 15) is 26.4 Å². The van der Waals surface area contributed by atoms with Crippen molar-refractivity contribution in [3.05, 3.63) is 65.2 Å². The van der Waals surface area contributed by atoms with Crippen molar-refractivity contribution in [2.24, 2.45) is 0 Å². The second kappa shape index (κ2) is 8.16. The molecule has 5 nitrogen and oxygen atoms in total. The number of alkyl halides is 3. The summed E-state index contributed by atoms with van der Waals surface area (Å²) in [4.78, 5) is 12.2. The summed E-state index contributed by atoms with van der Waals surface area (Å²) in [7, 11) is -3.90. The highest BCUT2D eigenvalue weighted by Gasteiger charge is 2.43. The Balaban J connectivity index is 1.84. The lowest BCUT2D eigenvalue weighted by molar-refractivity contribution is -0.186. The van der Waals surface area contributed by atoms with Crippen molar-refractivity contribution in [1.82, 2.24) is 9.62 Å². The topological polar surface area (TPSA) is 66.5 Å². The molecule has 1 atom stereocenters. The molecule has 0 saturated carbocycles. The van der Waals surface area contributed by atoms with Crippen LogP contribution in [-0.2, 0) is 27.8 Å². The number of sulfonamides is 1. The highest BCUT2D eigenvalue weighted by atomic mass is 32.2. The fourth-order valence-electron chi connectivity index (χ4n) is 3.38. The molecule has 1 amide bonds. The van der Waals surface area contributed by atoms with Crippen molar-refractivity contribution in [3.8, 4) is 0 Å². The van der Waals surface area contributed by atoms with Gasteiger partial charge in [0.05, 0.1) is 4.90 Å². The molecule has 0 spiro atoms. The normalized spacial score (nSPS) is 15.7. The number of carbonyl (C=O) groups is 1. The molecule has 0 aliphatic carbocycles. The van der Waals surface area contributed by atoms with E-state index in [-0.39, 0.29) is 24.4 Å². The minimum Gasteiger partial charge on any atom is -0.330 e. The van der Waals surface area contributed by atoms with E-state index in [1.807, 2.05) is 37.3 Å². The predicted molar refractivity (Wildman–Crippen MR) is 101 cm³/mol. The van der Waals surface area contributed by atoms with Gasteiger partial charge >= 0.3 is 12.1 Å². The highest BCUT2D eigenvalue weighted by molar-refractivity contribution is 7.89. The fraction of sp³-hybridized carbons (Fsp3) is 0.350. The van der Waals surface area contributed by atoms with E-state index in [4.69, 9.17) is 0 Å². The van der Waals surface area contributed by atoms with Crippen molar-refractivity contribution >= 4 is 15.9 Å². The second-order valence-corrected chi connectivity index (χ2v) is 8.61. The van der Waals surface area contributed by atoms with Crippen LogP contribution in [0.4, 0.5) is 13.2 Å². The summed E-state index contributed by atoms with van der Waals surface area (Å²) in [6.07, 6.45) is -4.18. The summed E-state index contributed by atoms with van der Waals surface area (Å²) >= 11 is 0. The molecule has 29 heavy (non-hydrogen) atoms. The maximum atomic E-state index is 12.9. The maximum absolute atomic E-state index is 12.9. The molecule has 156 valence electrons. The summed E-state index contributed by atoms with van der Waals surface area (Å²) in [6.45, 7) is 1.53. The molecule has 3 rings (SSSR count). The lowest BCUT2D eigenvalue weighted by Crippen LogP contribution is -2.43. The Morgan fingerprint density at radius 3 is 2.45 bits per heavy atom. The fourth-order valence-corrected chi connectivity index (χ4v) is 4.74. The lowest BCUT2D eigenvalue weighted by Gasteiger charge is -2.29. The Kier molecular flexibility index (Phi) is 6.00. The smallest absolute Gasteiger partial charge is 0.330 e. The van der Waals surface area contributed by atoms with Gasteiger partial charge in [0.15, 0.2) is 0 Å². The number of rotatable bonds is 5. The van der Waals surface area contributed by atoms with Crippen LogP contribution in [0.25, 0.3) is 0 Å². The predicted octanol–water partition coefficient (Wildman–Crippen LogP) is 3.56. The van der Waals surface area contributed by atoms with Gasteiger partial charge < -0.3 is 4.90 Å². The molecule has 0 radical (unpaired) electrons. The van der Waals surface area contributed by atoms with Gasteiger partial charge in [0.2, 0.25) is 10.0 Å². The summed E-state index contributed by atoms with van der Waals surface area (Å²) in [5.41, 5.74) is 1.97. The van der Waals surface area contributed by atoms with Crippen LogP contribution >= 0.6 is 0 Å². The molecule has 1 aliphatic rings. The molecular formula is C20H21F3N2O3S. The van der Waals surface area contributed by atoms with Crippen LogP contribution in [0.5, 0.6) is 0 Å². The number of carbonyl (C=O) groups excluding carboxylic acids is 1. The summed E-state index contributed by atoms with van der Waals surface area (Å²) in [5, 5.41) is 0. The van der Waals surface area contributed by atoms with Crippen molar-refractivity contribution in [2.45, 2.75) is 43.4 Å². The third-order valence-corrected chi connectivity index (χ3v) is 6.41. The zero-order chi connectivity index (χ0) is 21.2. The number of fused-ring (bicyclic) bond motifs is 1. The van der Waals surface area contributed by atoms with Crippen molar-refractivity contribution in [1.29, 1.82) is 0 Å². The van der Waals surface area contributed by atoms with Crippen LogP contribution in [-0.4, -0.2) is 31.9 Å². The molecule has 1 unspecified atom stereocenters. The van der Waals surface area contributed by atoms with Gasteiger partial charge in [-0.2, -0.15) is 13.2 Å². The van der Waals surface area contributed by atoms with Gasteiger partial charge in [-0.05, 0) is 41.7 Å². The second-order valence-electron chi connectivity index (χ2n) is 6.90. The molecule has 0 saturated heterocycles. The zero-order valence-electron chi connectivity index (χ0n) is 15.7. The number of hydrogen-bond donors (Lipinski definition) is 1. The van der Waals surface area contributed by atoms with Crippen molar-refractivity contribution in [3.63, 3.8) is 0 Å². The van der Waals surface area contributed by atoms with Gasteiger partial charge in [-0.1, -0.05) is 43.3 Å². The van der Waals surface area contributed by atoms with Crippen LogP contribution in [0, 0.1) is 0 Å². The van der Waals surface area contributed by atoms with E-state index in [0.717, 1.165) is 11.1 Å². The van der Waals surface area contributed by atoms with Gasteiger partial charge in [0.25, 0.3) is 0 Å². The minimum atomic E-state index is -4.95. The van der Waals surface area contributed by atoms with E-state index in [2.05, 4.69) is 4.72 Å². The first-order valence-corrected chi connectivity index (χ1v) is 10.7. The Morgan fingerprint density at radius 2 is 1.83 bits per heavy atom. The monoisotopic (exact) mass is 426 g/mol. The molecule has 0 aromatic heterocycles. The molecule has 1 heterocycles. The first kappa shape index (κ1) is 21.3. The molecule has 1 N–H and O–H groups in total. The van der Waals surface area contributed by atoms with E-state index in [0.29, 0.717) is 16.9 Å². The van der Waals surface area contributed by atoms with Crippen LogP contribution in [0.2, 0.25) is 0 Å². The number of hydrogen-bond acceptors (Lipinski definition) is 3. The quantitative estimate of drug-likeness (QED) is 0.795. The van der Waals surface area contributed by atoms with E-state index in [1.54, 1.807) is 6.07 Å². The number of amides is 1. The third-order valence-electron chi connectivity index (χ3n) is 4.94. The Labute approximate surface area is 167 Å². The van der Waals surface area contributed by atoms with Crippen LogP contribution < -0.4 is 4.72 Å². The molecule has 2 aromatic rings. The number of halogens is 3. The summed E-state index contributed by atoms with van der Waals surface area (Å²) in [5.74, 6) is -1.91. The molecular weight excluding hydrogens is 405 g/mol. The van der Waals surface area contributed by atoms with Gasteiger partial charge in [0, 0.05) is 19.1 Å². The van der Waals surface area contributed by atoms with Crippen LogP contribution in [0.3, 0.4) is 0 Å². The Bertz CT molecular complexity index is 992.